The van der Waals surface area contributed by atoms with E-state index in [1.54, 1.807) is 12.4 Å². The number of benzene rings is 1. The summed E-state index contributed by atoms with van der Waals surface area (Å²) in [5.41, 5.74) is 3.74. The minimum Gasteiger partial charge on any atom is -0.355 e. The molecule has 1 amide bonds. The summed E-state index contributed by atoms with van der Waals surface area (Å²) in [5, 5.41) is 7.68. The van der Waals surface area contributed by atoms with Crippen molar-refractivity contribution in [2.75, 3.05) is 18.0 Å². The Kier molecular flexibility index (Phi) is 5.29. The lowest BCUT2D eigenvalue weighted by molar-refractivity contribution is 0.0930. The van der Waals surface area contributed by atoms with Gasteiger partial charge in [-0.25, -0.2) is 9.67 Å². The maximum atomic E-state index is 12.6. The quantitative estimate of drug-likeness (QED) is 0.741. The van der Waals surface area contributed by atoms with Gasteiger partial charge in [0.2, 0.25) is 0 Å². The van der Waals surface area contributed by atoms with Crippen LogP contribution in [0.15, 0.2) is 42.7 Å². The number of nitrogens with zero attached hydrogens (tertiary/aromatic N) is 5. The Morgan fingerprint density at radius 1 is 1.07 bits per heavy atom. The van der Waals surface area contributed by atoms with E-state index >= 15 is 0 Å². The number of hydrogen-bond acceptors (Lipinski definition) is 5. The molecule has 7 heteroatoms. The van der Waals surface area contributed by atoms with Crippen LogP contribution in [0.2, 0.25) is 0 Å². The van der Waals surface area contributed by atoms with Gasteiger partial charge < -0.3 is 10.2 Å². The van der Waals surface area contributed by atoms with Crippen molar-refractivity contribution in [3.63, 3.8) is 0 Å². The summed E-state index contributed by atoms with van der Waals surface area (Å²) in [6.07, 6.45) is 5.28. The molecule has 1 saturated heterocycles. The molecule has 0 bridgehead atoms. The standard InChI is InChI=1S/C22H26N6O/c1-15-6-4-5-7-19(15)22(29)24-18-8-10-27(11-9-18)20-13-23-14-21(25-20)28-17(3)12-16(2)26-28/h4-7,12-14,18H,8-11H2,1-3H3,(H,24,29). The first-order chi connectivity index (χ1) is 14.0. The van der Waals surface area contributed by atoms with Crippen LogP contribution in [-0.4, -0.2) is 44.8 Å². The monoisotopic (exact) mass is 390 g/mol. The number of rotatable bonds is 4. The summed E-state index contributed by atoms with van der Waals surface area (Å²) in [7, 11) is 0. The maximum Gasteiger partial charge on any atom is 0.251 e. The second kappa shape index (κ2) is 8.03. The molecule has 3 aromatic rings. The summed E-state index contributed by atoms with van der Waals surface area (Å²) >= 11 is 0. The van der Waals surface area contributed by atoms with E-state index in [1.807, 2.05) is 55.8 Å². The van der Waals surface area contributed by atoms with Gasteiger partial charge in [0.15, 0.2) is 5.82 Å². The van der Waals surface area contributed by atoms with Crippen LogP contribution in [0.1, 0.15) is 40.2 Å². The number of nitrogens with one attached hydrogen (secondary N) is 1. The maximum absolute atomic E-state index is 12.6. The van der Waals surface area contributed by atoms with E-state index in [2.05, 4.69) is 20.3 Å². The zero-order valence-corrected chi connectivity index (χ0v) is 17.1. The van der Waals surface area contributed by atoms with Crippen LogP contribution in [0.25, 0.3) is 5.82 Å². The molecule has 4 rings (SSSR count). The van der Waals surface area contributed by atoms with E-state index in [9.17, 15) is 4.79 Å². The van der Waals surface area contributed by atoms with Crippen LogP contribution in [0.5, 0.6) is 0 Å². The van der Waals surface area contributed by atoms with Crippen molar-refractivity contribution in [1.29, 1.82) is 0 Å². The molecular formula is C22H26N6O. The lowest BCUT2D eigenvalue weighted by atomic mass is 10.0. The van der Waals surface area contributed by atoms with E-state index in [0.717, 1.165) is 60.1 Å². The predicted molar refractivity (Wildman–Crippen MR) is 113 cm³/mol. The van der Waals surface area contributed by atoms with Crippen molar-refractivity contribution in [3.8, 4) is 5.82 Å². The lowest BCUT2D eigenvalue weighted by Crippen LogP contribution is -2.45. The highest BCUT2D eigenvalue weighted by Gasteiger charge is 2.23. The number of aromatic nitrogens is 4. The molecule has 0 atom stereocenters. The summed E-state index contributed by atoms with van der Waals surface area (Å²) < 4.78 is 1.82. The summed E-state index contributed by atoms with van der Waals surface area (Å²) in [5.74, 6) is 1.58. The molecule has 1 fully saturated rings. The Bertz CT molecular complexity index is 1020. The number of hydrogen-bond donors (Lipinski definition) is 1. The van der Waals surface area contributed by atoms with E-state index in [1.165, 1.54) is 0 Å². The highest BCUT2D eigenvalue weighted by Crippen LogP contribution is 2.20. The third-order valence-electron chi connectivity index (χ3n) is 5.38. The van der Waals surface area contributed by atoms with Crippen LogP contribution in [0.3, 0.4) is 0 Å². The van der Waals surface area contributed by atoms with Gasteiger partial charge in [-0.05, 0) is 51.3 Å². The van der Waals surface area contributed by atoms with Gasteiger partial charge in [-0.15, -0.1) is 0 Å². The molecule has 3 heterocycles. The van der Waals surface area contributed by atoms with Crippen LogP contribution in [0, 0.1) is 20.8 Å². The lowest BCUT2D eigenvalue weighted by Gasteiger charge is -2.33. The fourth-order valence-corrected chi connectivity index (χ4v) is 3.80. The smallest absolute Gasteiger partial charge is 0.251 e. The van der Waals surface area contributed by atoms with Crippen LogP contribution < -0.4 is 10.2 Å². The Morgan fingerprint density at radius 2 is 1.79 bits per heavy atom. The van der Waals surface area contributed by atoms with Gasteiger partial charge in [-0.3, -0.25) is 9.78 Å². The van der Waals surface area contributed by atoms with E-state index < -0.39 is 0 Å². The van der Waals surface area contributed by atoms with E-state index in [4.69, 9.17) is 4.98 Å². The second-order valence-electron chi connectivity index (χ2n) is 7.62. The first-order valence-corrected chi connectivity index (χ1v) is 9.98. The molecule has 0 unspecified atom stereocenters. The molecule has 1 aliphatic rings. The third kappa shape index (κ3) is 4.13. The third-order valence-corrected chi connectivity index (χ3v) is 5.38. The average molecular weight is 390 g/mol. The Morgan fingerprint density at radius 3 is 2.48 bits per heavy atom. The highest BCUT2D eigenvalue weighted by atomic mass is 16.1. The minimum atomic E-state index is 0.00728. The highest BCUT2D eigenvalue weighted by molar-refractivity contribution is 5.95. The topological polar surface area (TPSA) is 75.9 Å². The Hall–Kier alpha value is -3.22. The van der Waals surface area contributed by atoms with E-state index in [0.29, 0.717) is 0 Å². The molecule has 0 aliphatic carbocycles. The van der Waals surface area contributed by atoms with Crippen molar-refractivity contribution in [3.05, 3.63) is 65.2 Å². The predicted octanol–water partition coefficient (Wildman–Crippen LogP) is 2.99. The first-order valence-electron chi connectivity index (χ1n) is 9.98. The zero-order valence-electron chi connectivity index (χ0n) is 17.1. The van der Waals surface area contributed by atoms with Crippen LogP contribution >= 0.6 is 0 Å². The van der Waals surface area contributed by atoms with Crippen molar-refractivity contribution in [2.45, 2.75) is 39.7 Å². The summed E-state index contributed by atoms with van der Waals surface area (Å²) in [6, 6.07) is 9.89. The zero-order chi connectivity index (χ0) is 20.4. The van der Waals surface area contributed by atoms with Gasteiger partial charge in [0.05, 0.1) is 18.1 Å². The van der Waals surface area contributed by atoms with Gasteiger partial charge in [0.25, 0.3) is 5.91 Å². The molecule has 7 nitrogen and oxygen atoms in total. The number of aryl methyl sites for hydroxylation is 3. The minimum absolute atomic E-state index is 0.00728. The molecule has 0 spiro atoms. The van der Waals surface area contributed by atoms with Gasteiger partial charge in [0.1, 0.15) is 5.82 Å². The Labute approximate surface area is 170 Å². The van der Waals surface area contributed by atoms with Crippen molar-refractivity contribution < 1.29 is 4.79 Å². The average Bonchev–Trinajstić information content (AvgIpc) is 3.07. The number of anilines is 1. The van der Waals surface area contributed by atoms with Crippen LogP contribution in [-0.2, 0) is 0 Å². The van der Waals surface area contributed by atoms with E-state index in [-0.39, 0.29) is 11.9 Å². The van der Waals surface area contributed by atoms with Gasteiger partial charge >= 0.3 is 0 Å². The number of piperidine rings is 1. The number of carbonyl (C=O) groups excluding carboxylic acids is 1. The number of amides is 1. The van der Waals surface area contributed by atoms with Crippen molar-refractivity contribution >= 4 is 11.7 Å². The van der Waals surface area contributed by atoms with Crippen LogP contribution in [0.4, 0.5) is 5.82 Å². The largest absolute Gasteiger partial charge is 0.355 e. The molecule has 0 radical (unpaired) electrons. The van der Waals surface area contributed by atoms with Gasteiger partial charge in [-0.2, -0.15) is 5.10 Å². The molecule has 29 heavy (non-hydrogen) atoms. The fourth-order valence-electron chi connectivity index (χ4n) is 3.80. The summed E-state index contributed by atoms with van der Waals surface area (Å²) in [6.45, 7) is 7.60. The van der Waals surface area contributed by atoms with Crippen molar-refractivity contribution in [1.82, 2.24) is 25.1 Å². The molecule has 1 N–H and O–H groups in total. The van der Waals surface area contributed by atoms with Gasteiger partial charge in [-0.1, -0.05) is 18.2 Å². The molecule has 0 saturated carbocycles. The van der Waals surface area contributed by atoms with Crippen molar-refractivity contribution in [2.24, 2.45) is 0 Å². The normalized spacial score (nSPS) is 14.8. The fraction of sp³-hybridized carbons (Fsp3) is 0.364. The molecule has 150 valence electrons. The number of carbonyl (C=O) groups is 1. The SMILES string of the molecule is Cc1cc(C)n(-c2cncc(N3CCC(NC(=O)c4ccccc4C)CC3)n2)n1. The molecule has 1 aromatic carbocycles. The Balaban J connectivity index is 1.40. The van der Waals surface area contributed by atoms with Gasteiger partial charge in [0, 0.05) is 30.4 Å². The second-order valence-corrected chi connectivity index (χ2v) is 7.62. The molecule has 1 aliphatic heterocycles. The first kappa shape index (κ1) is 19.1. The molecular weight excluding hydrogens is 364 g/mol. The summed E-state index contributed by atoms with van der Waals surface area (Å²) in [4.78, 5) is 23.9. The molecule has 2 aromatic heterocycles.